The number of carbonyl (C=O) groups excluding carboxylic acids is 2. The fourth-order valence-electron chi connectivity index (χ4n) is 4.05. The molecule has 0 aliphatic rings. The molecule has 6 heteroatoms. The normalized spacial score (nSPS) is 10.4. The second-order valence-electron chi connectivity index (χ2n) is 8.41. The molecule has 182 valence electrons. The first-order valence-corrected chi connectivity index (χ1v) is 11.5. The molecular formula is C30H28N2O4. The number of carbonyl (C=O) groups is 2. The largest absolute Gasteiger partial charge is 0.495 e. The first-order valence-electron chi connectivity index (χ1n) is 11.5. The van der Waals surface area contributed by atoms with Crippen molar-refractivity contribution in [2.45, 2.75) is 13.8 Å². The number of methoxy groups -OCH3 is 2. The first-order chi connectivity index (χ1) is 17.4. The van der Waals surface area contributed by atoms with Crippen molar-refractivity contribution in [3.05, 3.63) is 107 Å². The number of rotatable bonds is 7. The second kappa shape index (κ2) is 10.8. The Kier molecular flexibility index (Phi) is 7.35. The Balaban J connectivity index is 1.70. The van der Waals surface area contributed by atoms with Gasteiger partial charge in [0.2, 0.25) is 0 Å². The molecule has 0 spiro atoms. The van der Waals surface area contributed by atoms with E-state index in [1.54, 1.807) is 38.5 Å². The third-order valence-electron chi connectivity index (χ3n) is 5.84. The van der Waals surface area contributed by atoms with Crippen molar-refractivity contribution in [3.63, 3.8) is 0 Å². The van der Waals surface area contributed by atoms with Gasteiger partial charge in [0.1, 0.15) is 11.5 Å². The molecule has 2 amide bonds. The summed E-state index contributed by atoms with van der Waals surface area (Å²) >= 11 is 0. The number of hydrogen-bond acceptors (Lipinski definition) is 4. The topological polar surface area (TPSA) is 76.7 Å². The lowest BCUT2D eigenvalue weighted by Gasteiger charge is -2.16. The SMILES string of the molecule is COc1ccc(C)cc1NC(=O)c1ccccc1-c1ccccc1C(=O)Nc1cc(C)ccc1OC. The van der Waals surface area contributed by atoms with Gasteiger partial charge in [-0.05, 0) is 72.5 Å². The van der Waals surface area contributed by atoms with Gasteiger partial charge < -0.3 is 20.1 Å². The Hall–Kier alpha value is -4.58. The summed E-state index contributed by atoms with van der Waals surface area (Å²) in [6.45, 7) is 3.89. The highest BCUT2D eigenvalue weighted by atomic mass is 16.5. The highest BCUT2D eigenvalue weighted by Crippen LogP contribution is 2.32. The van der Waals surface area contributed by atoms with Gasteiger partial charge in [-0.3, -0.25) is 9.59 Å². The van der Waals surface area contributed by atoms with E-state index in [0.29, 0.717) is 45.1 Å². The van der Waals surface area contributed by atoms with Gasteiger partial charge in [0, 0.05) is 11.1 Å². The highest BCUT2D eigenvalue weighted by Gasteiger charge is 2.20. The average molecular weight is 481 g/mol. The maximum absolute atomic E-state index is 13.4. The second-order valence-corrected chi connectivity index (χ2v) is 8.41. The Labute approximate surface area is 210 Å². The molecule has 0 saturated heterocycles. The van der Waals surface area contributed by atoms with E-state index in [9.17, 15) is 9.59 Å². The van der Waals surface area contributed by atoms with Crippen molar-refractivity contribution in [1.82, 2.24) is 0 Å². The van der Waals surface area contributed by atoms with Gasteiger partial charge in [0.25, 0.3) is 11.8 Å². The first kappa shape index (κ1) is 24.5. The van der Waals surface area contributed by atoms with E-state index in [2.05, 4.69) is 10.6 Å². The Morgan fingerprint density at radius 1 is 0.583 bits per heavy atom. The Bertz CT molecular complexity index is 1320. The Morgan fingerprint density at radius 3 is 1.36 bits per heavy atom. The predicted molar refractivity (Wildman–Crippen MR) is 143 cm³/mol. The van der Waals surface area contributed by atoms with E-state index < -0.39 is 0 Å². The molecule has 0 fully saturated rings. The number of aryl methyl sites for hydroxylation is 2. The van der Waals surface area contributed by atoms with E-state index >= 15 is 0 Å². The van der Waals surface area contributed by atoms with Crippen molar-refractivity contribution < 1.29 is 19.1 Å². The van der Waals surface area contributed by atoms with Gasteiger partial charge in [-0.1, -0.05) is 48.5 Å². The van der Waals surface area contributed by atoms with E-state index in [1.165, 1.54) is 0 Å². The molecule has 0 heterocycles. The summed E-state index contributed by atoms with van der Waals surface area (Å²) in [6.07, 6.45) is 0. The van der Waals surface area contributed by atoms with Gasteiger partial charge in [-0.2, -0.15) is 0 Å². The molecule has 0 aliphatic carbocycles. The molecule has 0 bridgehead atoms. The summed E-state index contributed by atoms with van der Waals surface area (Å²) in [6, 6.07) is 25.6. The average Bonchev–Trinajstić information content (AvgIpc) is 2.89. The molecule has 4 aromatic rings. The van der Waals surface area contributed by atoms with Crippen LogP contribution in [0.25, 0.3) is 11.1 Å². The smallest absolute Gasteiger partial charge is 0.256 e. The maximum Gasteiger partial charge on any atom is 0.256 e. The lowest BCUT2D eigenvalue weighted by Crippen LogP contribution is -2.16. The van der Waals surface area contributed by atoms with Crippen molar-refractivity contribution in [3.8, 4) is 22.6 Å². The fraction of sp³-hybridized carbons (Fsp3) is 0.133. The molecule has 0 aromatic heterocycles. The van der Waals surface area contributed by atoms with Gasteiger partial charge in [-0.15, -0.1) is 0 Å². The molecular weight excluding hydrogens is 452 g/mol. The van der Waals surface area contributed by atoms with Gasteiger partial charge >= 0.3 is 0 Å². The summed E-state index contributed by atoms with van der Waals surface area (Å²) < 4.78 is 10.8. The number of benzene rings is 4. The quantitative estimate of drug-likeness (QED) is 0.317. The molecule has 0 saturated carbocycles. The maximum atomic E-state index is 13.4. The molecule has 0 radical (unpaired) electrons. The summed E-state index contributed by atoms with van der Waals surface area (Å²) in [5.41, 5.74) is 5.31. The predicted octanol–water partition coefficient (Wildman–Crippen LogP) is 6.49. The van der Waals surface area contributed by atoms with Gasteiger partial charge in [0.15, 0.2) is 0 Å². The highest BCUT2D eigenvalue weighted by molar-refractivity contribution is 6.13. The zero-order valence-corrected chi connectivity index (χ0v) is 20.7. The van der Waals surface area contributed by atoms with Crippen LogP contribution in [0, 0.1) is 13.8 Å². The third-order valence-corrected chi connectivity index (χ3v) is 5.84. The van der Waals surface area contributed by atoms with Gasteiger partial charge in [0.05, 0.1) is 25.6 Å². The molecule has 6 nitrogen and oxygen atoms in total. The number of amides is 2. The molecule has 0 atom stereocenters. The van der Waals surface area contributed by atoms with E-state index in [4.69, 9.17) is 9.47 Å². The fourth-order valence-corrected chi connectivity index (χ4v) is 4.05. The van der Waals surface area contributed by atoms with Crippen molar-refractivity contribution in [2.75, 3.05) is 24.9 Å². The van der Waals surface area contributed by atoms with Crippen molar-refractivity contribution >= 4 is 23.2 Å². The lowest BCUT2D eigenvalue weighted by molar-refractivity contribution is 0.101. The van der Waals surface area contributed by atoms with Crippen LogP contribution in [-0.4, -0.2) is 26.0 Å². The minimum absolute atomic E-state index is 0.301. The summed E-state index contributed by atoms with van der Waals surface area (Å²) in [7, 11) is 3.12. The van der Waals surface area contributed by atoms with Crippen LogP contribution in [-0.2, 0) is 0 Å². The molecule has 2 N–H and O–H groups in total. The van der Waals surface area contributed by atoms with E-state index in [0.717, 1.165) is 11.1 Å². The van der Waals surface area contributed by atoms with Crippen LogP contribution in [0.15, 0.2) is 84.9 Å². The summed E-state index contributed by atoms with van der Waals surface area (Å²) in [5, 5.41) is 5.92. The lowest BCUT2D eigenvalue weighted by atomic mass is 9.94. The number of ether oxygens (including phenoxy) is 2. The van der Waals surface area contributed by atoms with Crippen LogP contribution in [0.5, 0.6) is 11.5 Å². The third kappa shape index (κ3) is 5.23. The van der Waals surface area contributed by atoms with Crippen LogP contribution in [0.2, 0.25) is 0 Å². The van der Waals surface area contributed by atoms with E-state index in [1.807, 2.05) is 74.5 Å². The molecule has 4 aromatic carbocycles. The molecule has 36 heavy (non-hydrogen) atoms. The van der Waals surface area contributed by atoms with Crippen LogP contribution in [0.1, 0.15) is 31.8 Å². The van der Waals surface area contributed by atoms with Gasteiger partial charge in [-0.25, -0.2) is 0 Å². The molecule has 0 aliphatic heterocycles. The van der Waals surface area contributed by atoms with E-state index in [-0.39, 0.29) is 11.8 Å². The van der Waals surface area contributed by atoms with Crippen LogP contribution >= 0.6 is 0 Å². The summed E-state index contributed by atoms with van der Waals surface area (Å²) in [5.74, 6) is 0.534. The number of nitrogens with one attached hydrogen (secondary N) is 2. The summed E-state index contributed by atoms with van der Waals surface area (Å²) in [4.78, 5) is 26.8. The zero-order valence-electron chi connectivity index (χ0n) is 20.7. The standard InChI is InChI=1S/C30H28N2O4/c1-19-13-15-27(35-3)25(17-19)31-29(33)23-11-7-5-9-21(23)22-10-6-8-12-24(22)30(34)32-26-18-20(2)14-16-28(26)36-4/h5-18H,1-4H3,(H,31,33)(H,32,34). The van der Waals surface area contributed by atoms with Crippen LogP contribution in [0.3, 0.4) is 0 Å². The molecule has 4 rings (SSSR count). The van der Waals surface area contributed by atoms with Crippen molar-refractivity contribution in [2.24, 2.45) is 0 Å². The monoisotopic (exact) mass is 480 g/mol. The Morgan fingerprint density at radius 2 is 0.972 bits per heavy atom. The van der Waals surface area contributed by atoms with Crippen LogP contribution in [0.4, 0.5) is 11.4 Å². The van der Waals surface area contributed by atoms with Crippen LogP contribution < -0.4 is 20.1 Å². The minimum atomic E-state index is -0.301. The van der Waals surface area contributed by atoms with Crippen molar-refractivity contribution in [1.29, 1.82) is 0 Å². The molecule has 0 unspecified atom stereocenters. The number of anilines is 2. The zero-order chi connectivity index (χ0) is 25.7. The minimum Gasteiger partial charge on any atom is -0.495 e. The number of hydrogen-bond donors (Lipinski definition) is 2.